The topological polar surface area (TPSA) is 55.6 Å². The monoisotopic (exact) mass is 231 g/mol. The van der Waals surface area contributed by atoms with Crippen LogP contribution in [0.25, 0.3) is 5.69 Å². The summed E-state index contributed by atoms with van der Waals surface area (Å²) in [5.74, 6) is 0. The number of aromatic nitrogens is 4. The SMILES string of the molecule is Cc1cncc(-n2cc(CNC(C)C)nn2)c1. The molecule has 0 aliphatic heterocycles. The van der Waals surface area contributed by atoms with Gasteiger partial charge in [-0.2, -0.15) is 0 Å². The van der Waals surface area contributed by atoms with Crippen LogP contribution in [0, 0.1) is 6.92 Å². The van der Waals surface area contributed by atoms with Crippen LogP contribution in [-0.4, -0.2) is 26.0 Å². The molecular formula is C12H17N5. The summed E-state index contributed by atoms with van der Waals surface area (Å²) in [7, 11) is 0. The summed E-state index contributed by atoms with van der Waals surface area (Å²) in [5.41, 5.74) is 2.98. The second kappa shape index (κ2) is 5.05. The molecule has 0 bridgehead atoms. The molecule has 0 amide bonds. The molecule has 0 aliphatic carbocycles. The van der Waals surface area contributed by atoms with E-state index in [1.165, 1.54) is 0 Å². The van der Waals surface area contributed by atoms with E-state index in [1.54, 1.807) is 10.9 Å². The molecule has 90 valence electrons. The second-order valence-electron chi connectivity index (χ2n) is 4.41. The number of rotatable bonds is 4. The highest BCUT2D eigenvalue weighted by atomic mass is 15.4. The maximum Gasteiger partial charge on any atom is 0.0969 e. The van der Waals surface area contributed by atoms with Crippen LogP contribution in [0.3, 0.4) is 0 Å². The van der Waals surface area contributed by atoms with E-state index in [1.807, 2.05) is 25.4 Å². The van der Waals surface area contributed by atoms with Crippen molar-refractivity contribution in [3.63, 3.8) is 0 Å². The van der Waals surface area contributed by atoms with Crippen LogP contribution in [0.1, 0.15) is 25.1 Å². The first-order chi connectivity index (χ1) is 8.15. The summed E-state index contributed by atoms with van der Waals surface area (Å²) >= 11 is 0. The normalized spacial score (nSPS) is 11.1. The summed E-state index contributed by atoms with van der Waals surface area (Å²) in [4.78, 5) is 4.14. The number of pyridine rings is 1. The van der Waals surface area contributed by atoms with E-state index >= 15 is 0 Å². The van der Waals surface area contributed by atoms with E-state index in [0.717, 1.165) is 23.5 Å². The molecule has 2 aromatic heterocycles. The van der Waals surface area contributed by atoms with E-state index in [4.69, 9.17) is 0 Å². The Morgan fingerprint density at radius 2 is 2.18 bits per heavy atom. The molecular weight excluding hydrogens is 214 g/mol. The molecule has 1 N–H and O–H groups in total. The zero-order valence-corrected chi connectivity index (χ0v) is 10.4. The van der Waals surface area contributed by atoms with Gasteiger partial charge in [0, 0.05) is 18.8 Å². The van der Waals surface area contributed by atoms with Crippen molar-refractivity contribution in [2.24, 2.45) is 0 Å². The van der Waals surface area contributed by atoms with Crippen LogP contribution in [0.4, 0.5) is 0 Å². The zero-order valence-electron chi connectivity index (χ0n) is 10.4. The second-order valence-corrected chi connectivity index (χ2v) is 4.41. The van der Waals surface area contributed by atoms with Crippen LogP contribution in [0.5, 0.6) is 0 Å². The highest BCUT2D eigenvalue weighted by Gasteiger charge is 2.03. The summed E-state index contributed by atoms with van der Waals surface area (Å²) in [6, 6.07) is 2.47. The molecule has 0 saturated carbocycles. The third-order valence-electron chi connectivity index (χ3n) is 2.36. The number of hydrogen-bond acceptors (Lipinski definition) is 4. The van der Waals surface area contributed by atoms with Gasteiger partial charge in [0.2, 0.25) is 0 Å². The van der Waals surface area contributed by atoms with Gasteiger partial charge < -0.3 is 5.32 Å². The number of hydrogen-bond donors (Lipinski definition) is 1. The van der Waals surface area contributed by atoms with Crippen molar-refractivity contribution < 1.29 is 0 Å². The lowest BCUT2D eigenvalue weighted by Gasteiger charge is -2.04. The first kappa shape index (κ1) is 11.7. The molecule has 2 aromatic rings. The summed E-state index contributed by atoms with van der Waals surface area (Å²) in [6.07, 6.45) is 5.52. The van der Waals surface area contributed by atoms with Crippen LogP contribution in [-0.2, 0) is 6.54 Å². The molecule has 2 heterocycles. The molecule has 0 spiro atoms. The van der Waals surface area contributed by atoms with Gasteiger partial charge in [0.1, 0.15) is 0 Å². The third kappa shape index (κ3) is 3.10. The fourth-order valence-electron chi connectivity index (χ4n) is 1.48. The fourth-order valence-corrected chi connectivity index (χ4v) is 1.48. The number of aryl methyl sites for hydroxylation is 1. The Kier molecular flexibility index (Phi) is 3.49. The standard InChI is InChI=1S/C12H17N5/c1-9(2)14-6-11-8-17(16-15-11)12-4-10(3)5-13-7-12/h4-5,7-9,14H,6H2,1-3H3. The van der Waals surface area contributed by atoms with Gasteiger partial charge >= 0.3 is 0 Å². The van der Waals surface area contributed by atoms with E-state index in [9.17, 15) is 0 Å². The first-order valence-electron chi connectivity index (χ1n) is 5.72. The Labute approximate surface area is 101 Å². The van der Waals surface area contributed by atoms with Gasteiger partial charge in [-0.3, -0.25) is 4.98 Å². The van der Waals surface area contributed by atoms with Gasteiger partial charge in [-0.1, -0.05) is 19.1 Å². The molecule has 5 heteroatoms. The van der Waals surface area contributed by atoms with Crippen molar-refractivity contribution in [3.8, 4) is 5.69 Å². The van der Waals surface area contributed by atoms with Crippen molar-refractivity contribution in [1.29, 1.82) is 0 Å². The number of nitrogens with zero attached hydrogens (tertiary/aromatic N) is 4. The molecule has 0 atom stereocenters. The van der Waals surface area contributed by atoms with E-state index in [0.29, 0.717) is 6.04 Å². The fraction of sp³-hybridized carbons (Fsp3) is 0.417. The van der Waals surface area contributed by atoms with Gasteiger partial charge in [0.25, 0.3) is 0 Å². The summed E-state index contributed by atoms with van der Waals surface area (Å²) in [6.45, 7) is 6.95. The van der Waals surface area contributed by atoms with Crippen LogP contribution in [0.15, 0.2) is 24.7 Å². The Hall–Kier alpha value is -1.75. The predicted octanol–water partition coefficient (Wildman–Crippen LogP) is 1.47. The van der Waals surface area contributed by atoms with Crippen molar-refractivity contribution in [2.75, 3.05) is 0 Å². The number of nitrogens with one attached hydrogen (secondary N) is 1. The lowest BCUT2D eigenvalue weighted by atomic mass is 10.3. The van der Waals surface area contributed by atoms with Gasteiger partial charge in [0.15, 0.2) is 0 Å². The van der Waals surface area contributed by atoms with Crippen molar-refractivity contribution >= 4 is 0 Å². The smallest absolute Gasteiger partial charge is 0.0969 e. The van der Waals surface area contributed by atoms with Gasteiger partial charge in [-0.15, -0.1) is 5.10 Å². The van der Waals surface area contributed by atoms with E-state index in [-0.39, 0.29) is 0 Å². The predicted molar refractivity (Wildman–Crippen MR) is 65.9 cm³/mol. The molecule has 5 nitrogen and oxygen atoms in total. The Morgan fingerprint density at radius 1 is 1.35 bits per heavy atom. The highest BCUT2D eigenvalue weighted by Crippen LogP contribution is 2.07. The lowest BCUT2D eigenvalue weighted by Crippen LogP contribution is -2.21. The minimum Gasteiger partial charge on any atom is -0.309 e. The molecule has 17 heavy (non-hydrogen) atoms. The Morgan fingerprint density at radius 3 is 2.88 bits per heavy atom. The maximum atomic E-state index is 4.14. The quantitative estimate of drug-likeness (QED) is 0.865. The molecule has 0 saturated heterocycles. The highest BCUT2D eigenvalue weighted by molar-refractivity contribution is 5.30. The molecule has 0 fully saturated rings. The van der Waals surface area contributed by atoms with Crippen molar-refractivity contribution in [3.05, 3.63) is 35.9 Å². The van der Waals surface area contributed by atoms with Gasteiger partial charge in [0.05, 0.1) is 23.8 Å². The molecule has 0 aliphatic rings. The van der Waals surface area contributed by atoms with Crippen LogP contribution >= 0.6 is 0 Å². The maximum absolute atomic E-state index is 4.14. The molecule has 2 rings (SSSR count). The van der Waals surface area contributed by atoms with E-state index in [2.05, 4.69) is 34.5 Å². The summed E-state index contributed by atoms with van der Waals surface area (Å²) in [5, 5.41) is 11.5. The Bertz CT molecular complexity index is 489. The zero-order chi connectivity index (χ0) is 12.3. The lowest BCUT2D eigenvalue weighted by molar-refractivity contribution is 0.580. The molecule has 0 aromatic carbocycles. The van der Waals surface area contributed by atoms with Crippen LogP contribution in [0.2, 0.25) is 0 Å². The molecule has 0 radical (unpaired) electrons. The minimum absolute atomic E-state index is 0.445. The Balaban J connectivity index is 2.12. The van der Waals surface area contributed by atoms with Gasteiger partial charge in [-0.05, 0) is 18.6 Å². The van der Waals surface area contributed by atoms with E-state index < -0.39 is 0 Å². The average Bonchev–Trinajstić information content (AvgIpc) is 2.75. The van der Waals surface area contributed by atoms with Crippen molar-refractivity contribution in [1.82, 2.24) is 25.3 Å². The van der Waals surface area contributed by atoms with Crippen LogP contribution < -0.4 is 5.32 Å². The molecule has 0 unspecified atom stereocenters. The average molecular weight is 231 g/mol. The first-order valence-corrected chi connectivity index (χ1v) is 5.72. The third-order valence-corrected chi connectivity index (χ3v) is 2.36. The minimum atomic E-state index is 0.445. The summed E-state index contributed by atoms with van der Waals surface area (Å²) < 4.78 is 1.75. The van der Waals surface area contributed by atoms with Crippen molar-refractivity contribution in [2.45, 2.75) is 33.4 Å². The largest absolute Gasteiger partial charge is 0.309 e. The van der Waals surface area contributed by atoms with Gasteiger partial charge in [-0.25, -0.2) is 4.68 Å².